The second-order valence-electron chi connectivity index (χ2n) is 6.87. The average Bonchev–Trinajstić information content (AvgIpc) is 2.68. The van der Waals surface area contributed by atoms with Gasteiger partial charge in [0.2, 0.25) is 5.91 Å². The number of hydrogen-bond acceptors (Lipinski definition) is 2. The predicted molar refractivity (Wildman–Crippen MR) is 108 cm³/mol. The highest BCUT2D eigenvalue weighted by Crippen LogP contribution is 2.21. The quantitative estimate of drug-likeness (QED) is 0.816. The minimum atomic E-state index is -0.207. The molecule has 2 aromatic carbocycles. The number of rotatable bonds is 4. The number of nitrogens with zero attached hydrogens (tertiary/aromatic N) is 1. The zero-order valence-corrected chi connectivity index (χ0v) is 16.1. The van der Waals surface area contributed by atoms with Crippen molar-refractivity contribution in [2.75, 3.05) is 18.4 Å². The molecule has 5 nitrogen and oxygen atoms in total. The molecule has 0 aromatic heterocycles. The second-order valence-corrected chi connectivity index (χ2v) is 7.30. The van der Waals surface area contributed by atoms with Crippen LogP contribution in [0.2, 0.25) is 5.02 Å². The molecule has 0 spiro atoms. The molecule has 27 heavy (non-hydrogen) atoms. The van der Waals surface area contributed by atoms with Gasteiger partial charge in [0.05, 0.1) is 12.0 Å². The molecule has 0 bridgehead atoms. The minimum absolute atomic E-state index is 0.0281. The fraction of sp³-hybridized carbons (Fsp3) is 0.333. The number of amides is 3. The van der Waals surface area contributed by atoms with E-state index >= 15 is 0 Å². The first-order valence-electron chi connectivity index (χ1n) is 9.20. The van der Waals surface area contributed by atoms with Crippen LogP contribution >= 0.6 is 11.6 Å². The van der Waals surface area contributed by atoms with E-state index in [2.05, 4.69) is 10.6 Å². The first kappa shape index (κ1) is 19.2. The Bertz CT molecular complexity index is 797. The Morgan fingerprint density at radius 1 is 1.15 bits per heavy atom. The molecule has 1 heterocycles. The molecule has 1 aliphatic rings. The van der Waals surface area contributed by atoms with Crippen molar-refractivity contribution in [2.45, 2.75) is 25.8 Å². The summed E-state index contributed by atoms with van der Waals surface area (Å²) in [6.07, 6.45) is 1.59. The van der Waals surface area contributed by atoms with E-state index in [1.54, 1.807) is 4.90 Å². The normalized spacial score (nSPS) is 17.9. The number of nitrogens with one attached hydrogen (secondary N) is 2. The Morgan fingerprint density at radius 3 is 2.67 bits per heavy atom. The van der Waals surface area contributed by atoms with Gasteiger partial charge in [0, 0.05) is 23.8 Å². The van der Waals surface area contributed by atoms with Gasteiger partial charge in [0.15, 0.2) is 0 Å². The van der Waals surface area contributed by atoms with Crippen molar-refractivity contribution in [1.82, 2.24) is 10.2 Å². The highest BCUT2D eigenvalue weighted by atomic mass is 35.5. The number of benzene rings is 2. The van der Waals surface area contributed by atoms with E-state index in [4.69, 9.17) is 11.6 Å². The van der Waals surface area contributed by atoms with E-state index in [9.17, 15) is 9.59 Å². The molecule has 3 rings (SSSR count). The zero-order chi connectivity index (χ0) is 19.2. The van der Waals surface area contributed by atoms with Crippen LogP contribution in [0.25, 0.3) is 0 Å². The maximum atomic E-state index is 12.7. The van der Waals surface area contributed by atoms with Crippen molar-refractivity contribution in [3.05, 3.63) is 65.2 Å². The van der Waals surface area contributed by atoms with Crippen LogP contribution in [0, 0.1) is 5.92 Å². The summed E-state index contributed by atoms with van der Waals surface area (Å²) in [4.78, 5) is 26.9. The molecule has 6 heteroatoms. The topological polar surface area (TPSA) is 61.4 Å². The number of halogens is 1. The summed E-state index contributed by atoms with van der Waals surface area (Å²) >= 11 is 6.03. The van der Waals surface area contributed by atoms with E-state index in [-0.39, 0.29) is 23.9 Å². The molecule has 3 amide bonds. The third-order valence-electron chi connectivity index (χ3n) is 4.81. The molecule has 0 saturated carbocycles. The van der Waals surface area contributed by atoms with Crippen LogP contribution in [0.3, 0.4) is 0 Å². The molecule has 2 aromatic rings. The van der Waals surface area contributed by atoms with E-state index in [0.717, 1.165) is 24.1 Å². The van der Waals surface area contributed by atoms with Gasteiger partial charge in [-0.2, -0.15) is 0 Å². The lowest BCUT2D eigenvalue weighted by atomic mass is 9.96. The van der Waals surface area contributed by atoms with Crippen molar-refractivity contribution < 1.29 is 9.59 Å². The van der Waals surface area contributed by atoms with Crippen molar-refractivity contribution in [1.29, 1.82) is 0 Å². The fourth-order valence-corrected chi connectivity index (χ4v) is 3.49. The zero-order valence-electron chi connectivity index (χ0n) is 15.3. The first-order chi connectivity index (χ1) is 13.0. The molecule has 2 N–H and O–H groups in total. The monoisotopic (exact) mass is 385 g/mol. The standard InChI is InChI=1S/C21H24ClN3O2/c1-15(16-7-5-9-18(22)13-16)23-20(26)17-8-6-12-25(14-17)21(27)24-19-10-3-2-4-11-19/h2-5,7,9-11,13,15,17H,6,8,12,14H2,1H3,(H,23,26)(H,24,27). The van der Waals surface area contributed by atoms with Crippen LogP contribution in [0.5, 0.6) is 0 Å². The van der Waals surface area contributed by atoms with Gasteiger partial charge in [0.25, 0.3) is 0 Å². The summed E-state index contributed by atoms with van der Waals surface area (Å²) in [5.74, 6) is -0.235. The molecule has 2 atom stereocenters. The second kappa shape index (κ2) is 8.91. The molecule has 0 aliphatic carbocycles. The van der Waals surface area contributed by atoms with E-state index in [0.29, 0.717) is 18.1 Å². The van der Waals surface area contributed by atoms with Crippen molar-refractivity contribution in [3.8, 4) is 0 Å². The number of urea groups is 1. The van der Waals surface area contributed by atoms with Gasteiger partial charge in [-0.3, -0.25) is 4.79 Å². The Morgan fingerprint density at radius 2 is 1.93 bits per heavy atom. The maximum absolute atomic E-state index is 12.7. The number of carbonyl (C=O) groups excluding carboxylic acids is 2. The lowest BCUT2D eigenvalue weighted by Crippen LogP contribution is -2.47. The third-order valence-corrected chi connectivity index (χ3v) is 5.05. The molecule has 1 fully saturated rings. The highest BCUT2D eigenvalue weighted by molar-refractivity contribution is 6.30. The van der Waals surface area contributed by atoms with Gasteiger partial charge in [-0.15, -0.1) is 0 Å². The van der Waals surface area contributed by atoms with Crippen LogP contribution in [0.15, 0.2) is 54.6 Å². The Kier molecular flexibility index (Phi) is 6.35. The van der Waals surface area contributed by atoms with Gasteiger partial charge in [-0.1, -0.05) is 41.9 Å². The largest absolute Gasteiger partial charge is 0.349 e. The number of para-hydroxylation sites is 1. The lowest BCUT2D eigenvalue weighted by Gasteiger charge is -2.32. The number of hydrogen-bond donors (Lipinski definition) is 2. The molecule has 142 valence electrons. The van der Waals surface area contributed by atoms with Gasteiger partial charge in [-0.25, -0.2) is 4.79 Å². The van der Waals surface area contributed by atoms with Crippen molar-refractivity contribution >= 4 is 29.2 Å². The number of anilines is 1. The van der Waals surface area contributed by atoms with E-state index < -0.39 is 0 Å². The van der Waals surface area contributed by atoms with Crippen LogP contribution in [-0.2, 0) is 4.79 Å². The summed E-state index contributed by atoms with van der Waals surface area (Å²) < 4.78 is 0. The highest BCUT2D eigenvalue weighted by Gasteiger charge is 2.29. The molecule has 1 saturated heterocycles. The van der Waals surface area contributed by atoms with Gasteiger partial charge in [-0.05, 0) is 49.6 Å². The molecular weight excluding hydrogens is 362 g/mol. The summed E-state index contributed by atoms with van der Waals surface area (Å²) in [6.45, 7) is 3.02. The molecule has 2 unspecified atom stereocenters. The maximum Gasteiger partial charge on any atom is 0.321 e. The number of likely N-dealkylation sites (tertiary alicyclic amines) is 1. The Labute approximate surface area is 164 Å². The number of carbonyl (C=O) groups is 2. The van der Waals surface area contributed by atoms with E-state index in [1.165, 1.54) is 0 Å². The average molecular weight is 386 g/mol. The van der Waals surface area contributed by atoms with Gasteiger partial charge >= 0.3 is 6.03 Å². The summed E-state index contributed by atoms with van der Waals surface area (Å²) in [6, 6.07) is 16.5. The summed E-state index contributed by atoms with van der Waals surface area (Å²) in [7, 11) is 0. The summed E-state index contributed by atoms with van der Waals surface area (Å²) in [5, 5.41) is 6.58. The summed E-state index contributed by atoms with van der Waals surface area (Å²) in [5.41, 5.74) is 1.72. The van der Waals surface area contributed by atoms with E-state index in [1.807, 2.05) is 61.5 Å². The minimum Gasteiger partial charge on any atom is -0.349 e. The first-order valence-corrected chi connectivity index (χ1v) is 9.57. The van der Waals surface area contributed by atoms with Crippen LogP contribution in [0.4, 0.5) is 10.5 Å². The lowest BCUT2D eigenvalue weighted by molar-refractivity contribution is -0.126. The predicted octanol–water partition coefficient (Wildman–Crippen LogP) is 4.46. The smallest absolute Gasteiger partial charge is 0.321 e. The Balaban J connectivity index is 1.56. The van der Waals surface area contributed by atoms with Gasteiger partial charge in [0.1, 0.15) is 0 Å². The Hall–Kier alpha value is -2.53. The third kappa shape index (κ3) is 5.23. The van der Waals surface area contributed by atoms with Crippen LogP contribution in [-0.4, -0.2) is 29.9 Å². The van der Waals surface area contributed by atoms with Crippen LogP contribution < -0.4 is 10.6 Å². The molecule has 0 radical (unpaired) electrons. The number of piperidine rings is 1. The van der Waals surface area contributed by atoms with Crippen molar-refractivity contribution in [3.63, 3.8) is 0 Å². The molecular formula is C21H24ClN3O2. The van der Waals surface area contributed by atoms with Crippen LogP contribution in [0.1, 0.15) is 31.4 Å². The fourth-order valence-electron chi connectivity index (χ4n) is 3.29. The SMILES string of the molecule is CC(NC(=O)C1CCCN(C(=O)Nc2ccccc2)C1)c1cccc(Cl)c1. The molecule has 1 aliphatic heterocycles. The van der Waals surface area contributed by atoms with Gasteiger partial charge < -0.3 is 15.5 Å². The van der Waals surface area contributed by atoms with Crippen molar-refractivity contribution in [2.24, 2.45) is 5.92 Å².